The predicted molar refractivity (Wildman–Crippen MR) is 90.7 cm³/mol. The molecule has 0 aliphatic heterocycles. The summed E-state index contributed by atoms with van der Waals surface area (Å²) in [5.41, 5.74) is 10.9. The first-order valence-corrected chi connectivity index (χ1v) is 8.13. The van der Waals surface area contributed by atoms with Gasteiger partial charge in [-0.2, -0.15) is 0 Å². The number of aryl methyl sites for hydroxylation is 2. The van der Waals surface area contributed by atoms with Gasteiger partial charge in [-0.25, -0.2) is 4.79 Å². The van der Waals surface area contributed by atoms with Crippen LogP contribution in [0.1, 0.15) is 53.9 Å². The van der Waals surface area contributed by atoms with Gasteiger partial charge in [0.2, 0.25) is 0 Å². The Labute approximate surface area is 131 Å². The van der Waals surface area contributed by atoms with Crippen molar-refractivity contribution in [3.05, 3.63) is 34.5 Å². The molecule has 1 heterocycles. The van der Waals surface area contributed by atoms with Crippen molar-refractivity contribution in [3.63, 3.8) is 0 Å². The molecule has 0 saturated heterocycles. The van der Waals surface area contributed by atoms with E-state index in [9.17, 15) is 9.90 Å². The molecule has 22 heavy (non-hydrogen) atoms. The molecule has 0 fully saturated rings. The number of unbranched alkanes of at least 4 members (excludes halogenated alkanes) is 1. The summed E-state index contributed by atoms with van der Waals surface area (Å²) in [6.45, 7) is 7.73. The molecule has 0 aliphatic carbocycles. The van der Waals surface area contributed by atoms with Crippen LogP contribution in [0.5, 0.6) is 0 Å². The SMILES string of the molecule is CCCCc1c(C)n(CCN)c2c(CC)cc(C(=O)O)cc12. The molecule has 0 spiro atoms. The number of hydrogen-bond acceptors (Lipinski definition) is 2. The molecule has 0 aliphatic rings. The second-order valence-electron chi connectivity index (χ2n) is 5.80. The number of nitrogens with zero attached hydrogens (tertiary/aromatic N) is 1. The average Bonchev–Trinajstić information content (AvgIpc) is 2.77. The second kappa shape index (κ2) is 6.97. The van der Waals surface area contributed by atoms with Crippen molar-refractivity contribution < 1.29 is 9.90 Å². The minimum absolute atomic E-state index is 0.381. The molecule has 0 unspecified atom stereocenters. The number of aromatic nitrogens is 1. The summed E-state index contributed by atoms with van der Waals surface area (Å²) in [6, 6.07) is 3.64. The van der Waals surface area contributed by atoms with Gasteiger partial charge in [0.1, 0.15) is 0 Å². The monoisotopic (exact) mass is 302 g/mol. The maximum absolute atomic E-state index is 11.4. The Morgan fingerprint density at radius 2 is 2.05 bits per heavy atom. The van der Waals surface area contributed by atoms with E-state index in [2.05, 4.69) is 25.3 Å². The molecule has 0 radical (unpaired) electrons. The summed E-state index contributed by atoms with van der Waals surface area (Å²) >= 11 is 0. The van der Waals surface area contributed by atoms with E-state index in [1.807, 2.05) is 6.07 Å². The van der Waals surface area contributed by atoms with Crippen LogP contribution in [0.3, 0.4) is 0 Å². The molecule has 2 rings (SSSR count). The molecule has 4 heteroatoms. The zero-order chi connectivity index (χ0) is 16.3. The van der Waals surface area contributed by atoms with Gasteiger partial charge < -0.3 is 15.4 Å². The van der Waals surface area contributed by atoms with E-state index in [1.165, 1.54) is 16.8 Å². The number of rotatable bonds is 7. The molecule has 0 atom stereocenters. The van der Waals surface area contributed by atoms with Gasteiger partial charge in [0, 0.05) is 24.2 Å². The Hall–Kier alpha value is -1.81. The summed E-state index contributed by atoms with van der Waals surface area (Å²) < 4.78 is 2.27. The van der Waals surface area contributed by atoms with Crippen molar-refractivity contribution in [2.45, 2.75) is 53.0 Å². The molecule has 3 N–H and O–H groups in total. The first kappa shape index (κ1) is 16.6. The summed E-state index contributed by atoms with van der Waals surface area (Å²) in [6.07, 6.45) is 4.05. The highest BCUT2D eigenvalue weighted by Crippen LogP contribution is 2.31. The minimum Gasteiger partial charge on any atom is -0.478 e. The lowest BCUT2D eigenvalue weighted by Crippen LogP contribution is -2.12. The highest BCUT2D eigenvalue weighted by atomic mass is 16.4. The minimum atomic E-state index is -0.859. The van der Waals surface area contributed by atoms with Gasteiger partial charge in [-0.15, -0.1) is 0 Å². The third-order valence-corrected chi connectivity index (χ3v) is 4.39. The van der Waals surface area contributed by atoms with Gasteiger partial charge >= 0.3 is 5.97 Å². The van der Waals surface area contributed by atoms with Crippen LogP contribution in [0.15, 0.2) is 12.1 Å². The Morgan fingerprint density at radius 3 is 2.59 bits per heavy atom. The third-order valence-electron chi connectivity index (χ3n) is 4.39. The lowest BCUT2D eigenvalue weighted by molar-refractivity contribution is 0.0697. The Kier molecular flexibility index (Phi) is 5.24. The van der Waals surface area contributed by atoms with Gasteiger partial charge in [-0.05, 0) is 49.4 Å². The standard InChI is InChI=1S/C18H26N2O2/c1-4-6-7-15-12(3)20(9-8-19)17-13(5-2)10-14(18(21)22)11-16(15)17/h10-11H,4-9,19H2,1-3H3,(H,21,22). The van der Waals surface area contributed by atoms with E-state index in [0.29, 0.717) is 12.1 Å². The van der Waals surface area contributed by atoms with Crippen molar-refractivity contribution in [1.29, 1.82) is 0 Å². The van der Waals surface area contributed by atoms with E-state index >= 15 is 0 Å². The maximum Gasteiger partial charge on any atom is 0.335 e. The van der Waals surface area contributed by atoms with Crippen LogP contribution in [-0.2, 0) is 19.4 Å². The normalized spacial score (nSPS) is 11.3. The summed E-state index contributed by atoms with van der Waals surface area (Å²) in [4.78, 5) is 11.4. The topological polar surface area (TPSA) is 68.2 Å². The van der Waals surface area contributed by atoms with Gasteiger partial charge in [-0.3, -0.25) is 0 Å². The fourth-order valence-corrected chi connectivity index (χ4v) is 3.24. The first-order valence-electron chi connectivity index (χ1n) is 8.13. The number of benzene rings is 1. The van der Waals surface area contributed by atoms with Crippen molar-refractivity contribution in [3.8, 4) is 0 Å². The Balaban J connectivity index is 2.78. The Morgan fingerprint density at radius 1 is 1.32 bits per heavy atom. The molecule has 1 aromatic carbocycles. The number of hydrogen-bond donors (Lipinski definition) is 2. The second-order valence-corrected chi connectivity index (χ2v) is 5.80. The van der Waals surface area contributed by atoms with Crippen LogP contribution in [-0.4, -0.2) is 22.2 Å². The van der Waals surface area contributed by atoms with Crippen molar-refractivity contribution in [1.82, 2.24) is 4.57 Å². The zero-order valence-electron chi connectivity index (χ0n) is 13.8. The fourth-order valence-electron chi connectivity index (χ4n) is 3.24. The van der Waals surface area contributed by atoms with Gasteiger partial charge in [0.15, 0.2) is 0 Å². The van der Waals surface area contributed by atoms with Crippen molar-refractivity contribution in [2.24, 2.45) is 5.73 Å². The quantitative estimate of drug-likeness (QED) is 0.822. The molecule has 1 aromatic heterocycles. The number of nitrogens with two attached hydrogens (primary N) is 1. The van der Waals surface area contributed by atoms with Gasteiger partial charge in [-0.1, -0.05) is 20.3 Å². The van der Waals surface area contributed by atoms with Gasteiger partial charge in [0.25, 0.3) is 0 Å². The molecule has 4 nitrogen and oxygen atoms in total. The lowest BCUT2D eigenvalue weighted by atomic mass is 9.99. The van der Waals surface area contributed by atoms with Gasteiger partial charge in [0.05, 0.1) is 11.1 Å². The summed E-state index contributed by atoms with van der Waals surface area (Å²) in [5.74, 6) is -0.859. The van der Waals surface area contributed by atoms with Crippen LogP contribution >= 0.6 is 0 Å². The zero-order valence-corrected chi connectivity index (χ0v) is 13.8. The summed E-state index contributed by atoms with van der Waals surface area (Å²) in [7, 11) is 0. The van der Waals surface area contributed by atoms with Crippen LogP contribution in [0.4, 0.5) is 0 Å². The molecular formula is C18H26N2O2. The van der Waals surface area contributed by atoms with E-state index in [-0.39, 0.29) is 0 Å². The average molecular weight is 302 g/mol. The van der Waals surface area contributed by atoms with E-state index in [4.69, 9.17) is 5.73 Å². The highest BCUT2D eigenvalue weighted by Gasteiger charge is 2.18. The largest absolute Gasteiger partial charge is 0.478 e. The number of fused-ring (bicyclic) bond motifs is 1. The summed E-state index contributed by atoms with van der Waals surface area (Å²) in [5, 5.41) is 10.5. The first-order chi connectivity index (χ1) is 10.5. The molecule has 120 valence electrons. The van der Waals surface area contributed by atoms with Crippen LogP contribution < -0.4 is 5.73 Å². The molecule has 0 bridgehead atoms. The number of aromatic carboxylic acids is 1. The number of carboxylic acids is 1. The van der Waals surface area contributed by atoms with E-state index < -0.39 is 5.97 Å². The third kappa shape index (κ3) is 2.88. The van der Waals surface area contributed by atoms with E-state index in [0.717, 1.165) is 43.2 Å². The fraction of sp³-hybridized carbons (Fsp3) is 0.500. The highest BCUT2D eigenvalue weighted by molar-refractivity contribution is 5.97. The maximum atomic E-state index is 11.4. The smallest absolute Gasteiger partial charge is 0.335 e. The van der Waals surface area contributed by atoms with Crippen LogP contribution in [0, 0.1) is 6.92 Å². The predicted octanol–water partition coefficient (Wildman–Crippen LogP) is 3.51. The van der Waals surface area contributed by atoms with Crippen LogP contribution in [0.25, 0.3) is 10.9 Å². The molecule has 0 amide bonds. The van der Waals surface area contributed by atoms with Crippen LogP contribution in [0.2, 0.25) is 0 Å². The number of carbonyl (C=O) groups is 1. The van der Waals surface area contributed by atoms with Crippen molar-refractivity contribution in [2.75, 3.05) is 6.54 Å². The van der Waals surface area contributed by atoms with E-state index in [1.54, 1.807) is 6.07 Å². The number of carboxylic acid groups (broad SMARTS) is 1. The lowest BCUT2D eigenvalue weighted by Gasteiger charge is -2.10. The molecule has 2 aromatic rings. The van der Waals surface area contributed by atoms with Crippen molar-refractivity contribution >= 4 is 16.9 Å². The molecular weight excluding hydrogens is 276 g/mol. The Bertz CT molecular complexity index is 686. The molecule has 0 saturated carbocycles.